The average Bonchev–Trinajstić information content (AvgIpc) is 3.27. The van der Waals surface area contributed by atoms with Crippen LogP contribution < -0.4 is 5.32 Å². The first-order valence-electron chi connectivity index (χ1n) is 8.68. The van der Waals surface area contributed by atoms with Crippen LogP contribution in [-0.2, 0) is 16.1 Å². The summed E-state index contributed by atoms with van der Waals surface area (Å²) < 4.78 is 1.30. The molecule has 0 saturated carbocycles. The predicted octanol–water partition coefficient (Wildman–Crippen LogP) is 1.82. The molecule has 0 aliphatic carbocycles. The number of nitriles is 1. The third-order valence-electron chi connectivity index (χ3n) is 4.60. The van der Waals surface area contributed by atoms with Gasteiger partial charge in [-0.1, -0.05) is 0 Å². The molecule has 10 nitrogen and oxygen atoms in total. The molecule has 0 bridgehead atoms. The maximum atomic E-state index is 12.8. The Hall–Kier alpha value is -3.39. The Labute approximate surface area is 170 Å². The number of nitrogens with one attached hydrogen (secondary N) is 1. The van der Waals surface area contributed by atoms with Gasteiger partial charge in [-0.05, 0) is 38.1 Å². The van der Waals surface area contributed by atoms with E-state index in [4.69, 9.17) is 5.26 Å². The van der Waals surface area contributed by atoms with Crippen molar-refractivity contribution >= 4 is 35.0 Å². The lowest BCUT2D eigenvalue weighted by Crippen LogP contribution is -2.45. The summed E-state index contributed by atoms with van der Waals surface area (Å²) in [6.45, 7) is 2.88. The van der Waals surface area contributed by atoms with Gasteiger partial charge in [-0.25, -0.2) is 0 Å². The van der Waals surface area contributed by atoms with Crippen LogP contribution in [0.3, 0.4) is 0 Å². The van der Waals surface area contributed by atoms with Crippen LogP contribution in [0.25, 0.3) is 0 Å². The van der Waals surface area contributed by atoms with Crippen LogP contribution in [0.5, 0.6) is 0 Å². The van der Waals surface area contributed by atoms with Crippen molar-refractivity contribution in [3.8, 4) is 6.07 Å². The van der Waals surface area contributed by atoms with Crippen LogP contribution in [0.1, 0.15) is 17.0 Å². The maximum absolute atomic E-state index is 12.8. The van der Waals surface area contributed by atoms with Gasteiger partial charge < -0.3 is 10.2 Å². The molecular weight excluding hydrogens is 396 g/mol. The lowest BCUT2D eigenvalue weighted by Gasteiger charge is -2.23. The van der Waals surface area contributed by atoms with Gasteiger partial charge in [0.05, 0.1) is 22.4 Å². The predicted molar refractivity (Wildman–Crippen MR) is 106 cm³/mol. The highest BCUT2D eigenvalue weighted by Gasteiger charge is 2.35. The molecule has 2 amide bonds. The summed E-state index contributed by atoms with van der Waals surface area (Å²) in [6, 6.07) is 7.79. The third-order valence-corrected chi connectivity index (χ3v) is 5.61. The molecule has 1 fully saturated rings. The second-order valence-corrected chi connectivity index (χ2v) is 7.49. The van der Waals surface area contributed by atoms with Gasteiger partial charge in [0, 0.05) is 11.4 Å². The normalized spacial score (nSPS) is 15.8. The Morgan fingerprint density at radius 2 is 2.07 bits per heavy atom. The summed E-state index contributed by atoms with van der Waals surface area (Å²) in [6.07, 6.45) is 0. The minimum Gasteiger partial charge on any atom is -0.324 e. The maximum Gasteiger partial charge on any atom is 0.312 e. The molecule has 150 valence electrons. The summed E-state index contributed by atoms with van der Waals surface area (Å²) in [7, 11) is 0. The molecule has 1 aliphatic heterocycles. The zero-order chi connectivity index (χ0) is 21.1. The van der Waals surface area contributed by atoms with Gasteiger partial charge in [0.2, 0.25) is 11.8 Å². The number of benzene rings is 1. The number of hydrogen-bond donors (Lipinski definition) is 1. The lowest BCUT2D eigenvalue weighted by atomic mass is 10.2. The zero-order valence-electron chi connectivity index (χ0n) is 15.8. The van der Waals surface area contributed by atoms with Crippen molar-refractivity contribution in [1.82, 2.24) is 14.7 Å². The Morgan fingerprint density at radius 1 is 1.38 bits per heavy atom. The van der Waals surface area contributed by atoms with Gasteiger partial charge in [-0.15, -0.1) is 11.8 Å². The van der Waals surface area contributed by atoms with E-state index in [1.54, 1.807) is 31.2 Å². The minimum atomic E-state index is -0.657. The number of amides is 2. The molecule has 2 heterocycles. The fourth-order valence-corrected chi connectivity index (χ4v) is 4.26. The van der Waals surface area contributed by atoms with Gasteiger partial charge in [0.15, 0.2) is 0 Å². The second kappa shape index (κ2) is 8.32. The topological polar surface area (TPSA) is 134 Å². The van der Waals surface area contributed by atoms with Crippen LogP contribution in [0, 0.1) is 35.3 Å². The highest BCUT2D eigenvalue weighted by Crippen LogP contribution is 2.25. The molecule has 29 heavy (non-hydrogen) atoms. The number of carbonyl (C=O) groups is 2. The van der Waals surface area contributed by atoms with Crippen LogP contribution in [0.15, 0.2) is 24.3 Å². The van der Waals surface area contributed by atoms with E-state index in [1.165, 1.54) is 28.3 Å². The lowest BCUT2D eigenvalue weighted by molar-refractivity contribution is -0.386. The molecule has 1 atom stereocenters. The summed E-state index contributed by atoms with van der Waals surface area (Å²) in [5.41, 5.74) is 1.45. The number of thioether (sulfide) groups is 1. The van der Waals surface area contributed by atoms with Crippen LogP contribution >= 0.6 is 11.8 Å². The molecule has 11 heteroatoms. The molecular formula is C18H18N6O4S. The van der Waals surface area contributed by atoms with E-state index in [1.807, 2.05) is 6.07 Å². The SMILES string of the molecule is Cc1nn(CC(=O)N2CSCC2C(=O)Nc2ccc(C#N)cc2)c(C)c1[N+](=O)[O-]. The fraction of sp³-hybridized carbons (Fsp3) is 0.333. The van der Waals surface area contributed by atoms with Crippen molar-refractivity contribution in [3.63, 3.8) is 0 Å². The van der Waals surface area contributed by atoms with E-state index in [-0.39, 0.29) is 29.7 Å². The minimum absolute atomic E-state index is 0.108. The highest BCUT2D eigenvalue weighted by molar-refractivity contribution is 7.99. The Morgan fingerprint density at radius 3 is 2.66 bits per heavy atom. The summed E-state index contributed by atoms with van der Waals surface area (Å²) in [5.74, 6) is 0.138. The summed E-state index contributed by atoms with van der Waals surface area (Å²) in [5, 5.41) is 26.8. The number of aryl methyl sites for hydroxylation is 1. The number of carbonyl (C=O) groups excluding carboxylic acids is 2. The summed E-state index contributed by atoms with van der Waals surface area (Å²) in [4.78, 5) is 37.5. The number of anilines is 1. The first-order valence-corrected chi connectivity index (χ1v) is 9.84. The Balaban J connectivity index is 1.70. The largest absolute Gasteiger partial charge is 0.324 e. The third kappa shape index (κ3) is 4.22. The van der Waals surface area contributed by atoms with Crippen molar-refractivity contribution in [3.05, 3.63) is 51.3 Å². The number of hydrogen-bond acceptors (Lipinski definition) is 7. The van der Waals surface area contributed by atoms with E-state index in [9.17, 15) is 19.7 Å². The second-order valence-electron chi connectivity index (χ2n) is 6.49. The smallest absolute Gasteiger partial charge is 0.312 e. The van der Waals surface area contributed by atoms with Crippen LogP contribution in [0.2, 0.25) is 0 Å². The van der Waals surface area contributed by atoms with E-state index in [2.05, 4.69) is 10.4 Å². The number of aromatic nitrogens is 2. The molecule has 1 saturated heterocycles. The molecule has 0 radical (unpaired) electrons. The molecule has 1 aromatic heterocycles. The molecule has 1 unspecified atom stereocenters. The summed E-state index contributed by atoms with van der Waals surface area (Å²) >= 11 is 1.45. The fourth-order valence-electron chi connectivity index (χ4n) is 3.08. The van der Waals surface area contributed by atoms with Crippen molar-refractivity contribution in [1.29, 1.82) is 5.26 Å². The number of rotatable bonds is 5. The van der Waals surface area contributed by atoms with E-state index in [0.717, 1.165) is 0 Å². The first-order chi connectivity index (χ1) is 13.8. The van der Waals surface area contributed by atoms with E-state index in [0.29, 0.717) is 28.6 Å². The van der Waals surface area contributed by atoms with Crippen molar-refractivity contribution in [2.45, 2.75) is 26.4 Å². The first kappa shape index (κ1) is 20.3. The molecule has 3 rings (SSSR count). The number of nitrogens with zero attached hydrogens (tertiary/aromatic N) is 5. The van der Waals surface area contributed by atoms with Crippen molar-refractivity contribution in [2.75, 3.05) is 16.9 Å². The highest BCUT2D eigenvalue weighted by atomic mass is 32.2. The molecule has 1 aromatic carbocycles. The van der Waals surface area contributed by atoms with Gasteiger partial charge in [-0.3, -0.25) is 24.4 Å². The quantitative estimate of drug-likeness (QED) is 0.582. The zero-order valence-corrected chi connectivity index (χ0v) is 16.6. The Bertz CT molecular complexity index is 1010. The molecule has 1 aliphatic rings. The van der Waals surface area contributed by atoms with Crippen LogP contribution in [-0.4, -0.2) is 49.1 Å². The molecule has 1 N–H and O–H groups in total. The molecule has 0 spiro atoms. The van der Waals surface area contributed by atoms with Crippen molar-refractivity contribution in [2.24, 2.45) is 0 Å². The van der Waals surface area contributed by atoms with Gasteiger partial charge >= 0.3 is 5.69 Å². The average molecular weight is 414 g/mol. The molecule has 2 aromatic rings. The van der Waals surface area contributed by atoms with E-state index < -0.39 is 11.0 Å². The van der Waals surface area contributed by atoms with Crippen molar-refractivity contribution < 1.29 is 14.5 Å². The van der Waals surface area contributed by atoms with Crippen LogP contribution in [0.4, 0.5) is 11.4 Å². The van der Waals surface area contributed by atoms with Gasteiger partial charge in [0.25, 0.3) is 0 Å². The van der Waals surface area contributed by atoms with Gasteiger partial charge in [-0.2, -0.15) is 10.4 Å². The standard InChI is InChI=1S/C18H18N6O4S/c1-11-17(24(27)28)12(2)23(21-11)8-16(25)22-10-29-9-15(22)18(26)20-14-5-3-13(7-19)4-6-14/h3-6,15H,8-10H2,1-2H3,(H,20,26). The van der Waals surface area contributed by atoms with E-state index >= 15 is 0 Å². The number of nitro groups is 1. The Kier molecular flexibility index (Phi) is 5.84. The van der Waals surface area contributed by atoms with Gasteiger partial charge in [0.1, 0.15) is 24.0 Å². The monoisotopic (exact) mass is 414 g/mol.